The maximum absolute atomic E-state index is 11.6. The Morgan fingerprint density at radius 2 is 2.17 bits per heavy atom. The lowest BCUT2D eigenvalue weighted by Gasteiger charge is -2.14. The van der Waals surface area contributed by atoms with Crippen LogP contribution in [-0.2, 0) is 9.53 Å². The van der Waals surface area contributed by atoms with Gasteiger partial charge in [-0.05, 0) is 19.1 Å². The van der Waals surface area contributed by atoms with Gasteiger partial charge >= 0.3 is 0 Å². The van der Waals surface area contributed by atoms with Gasteiger partial charge < -0.3 is 15.4 Å². The summed E-state index contributed by atoms with van der Waals surface area (Å²) in [5, 5.41) is 6.58. The predicted octanol–water partition coefficient (Wildman–Crippen LogP) is 2.56. The van der Waals surface area contributed by atoms with E-state index in [1.54, 1.807) is 25.3 Å². The predicted molar refractivity (Wildman–Crippen MR) is 74.4 cm³/mol. The molecular formula is C12H16Cl2N2O2. The third kappa shape index (κ3) is 4.72. The summed E-state index contributed by atoms with van der Waals surface area (Å²) in [6, 6.07) is 5.19. The fraction of sp³-hybridized carbons (Fsp3) is 0.417. The smallest absolute Gasteiger partial charge is 0.239 e. The van der Waals surface area contributed by atoms with Crippen LogP contribution in [0.5, 0.6) is 0 Å². The molecule has 0 radical (unpaired) electrons. The number of hydrogen-bond donors (Lipinski definition) is 2. The molecule has 6 heteroatoms. The van der Waals surface area contributed by atoms with Gasteiger partial charge in [0.05, 0.1) is 28.9 Å². The number of carbonyl (C=O) groups excluding carboxylic acids is 1. The highest BCUT2D eigenvalue weighted by Gasteiger charge is 2.08. The average molecular weight is 291 g/mol. The maximum Gasteiger partial charge on any atom is 0.239 e. The van der Waals surface area contributed by atoms with Crippen molar-refractivity contribution in [2.24, 2.45) is 0 Å². The summed E-state index contributed by atoms with van der Waals surface area (Å²) < 4.78 is 4.93. The molecule has 0 heterocycles. The Hall–Kier alpha value is -0.970. The van der Waals surface area contributed by atoms with E-state index in [1.165, 1.54) is 0 Å². The van der Waals surface area contributed by atoms with Crippen LogP contribution in [0.15, 0.2) is 18.2 Å². The van der Waals surface area contributed by atoms with Crippen molar-refractivity contribution in [3.8, 4) is 0 Å². The Labute approximate surface area is 117 Å². The fourth-order valence-electron chi connectivity index (χ4n) is 1.43. The molecule has 1 unspecified atom stereocenters. The van der Waals surface area contributed by atoms with Crippen LogP contribution in [0.25, 0.3) is 0 Å². The number of methoxy groups -OCH3 is 1. The SMILES string of the molecule is COCC(C)NC(=O)CNc1cccc(Cl)c1Cl. The van der Waals surface area contributed by atoms with Crippen molar-refractivity contribution in [1.29, 1.82) is 0 Å². The van der Waals surface area contributed by atoms with E-state index in [4.69, 9.17) is 27.9 Å². The molecule has 0 aliphatic heterocycles. The van der Waals surface area contributed by atoms with Crippen LogP contribution in [0.1, 0.15) is 6.92 Å². The van der Waals surface area contributed by atoms with E-state index in [0.29, 0.717) is 22.3 Å². The standard InChI is InChI=1S/C12H16Cl2N2O2/c1-8(7-18-2)16-11(17)6-15-10-5-3-4-9(13)12(10)14/h3-5,8,15H,6-7H2,1-2H3,(H,16,17). The number of rotatable bonds is 6. The van der Waals surface area contributed by atoms with Crippen molar-refractivity contribution in [3.63, 3.8) is 0 Å². The van der Waals surface area contributed by atoms with E-state index in [2.05, 4.69) is 10.6 Å². The molecule has 1 aromatic carbocycles. The summed E-state index contributed by atoms with van der Waals surface area (Å²) in [5.41, 5.74) is 0.638. The van der Waals surface area contributed by atoms with Crippen LogP contribution in [0.4, 0.5) is 5.69 Å². The maximum atomic E-state index is 11.6. The van der Waals surface area contributed by atoms with Crippen LogP contribution in [0, 0.1) is 0 Å². The summed E-state index contributed by atoms with van der Waals surface area (Å²) in [7, 11) is 1.59. The van der Waals surface area contributed by atoms with Gasteiger partial charge in [0.1, 0.15) is 0 Å². The third-order valence-corrected chi connectivity index (χ3v) is 3.03. The summed E-state index contributed by atoms with van der Waals surface area (Å²) in [4.78, 5) is 11.6. The number of carbonyl (C=O) groups is 1. The van der Waals surface area contributed by atoms with E-state index < -0.39 is 0 Å². The molecule has 0 aromatic heterocycles. The summed E-state index contributed by atoms with van der Waals surface area (Å²) in [5.74, 6) is -0.129. The van der Waals surface area contributed by atoms with Crippen LogP contribution < -0.4 is 10.6 Å². The number of ether oxygens (including phenoxy) is 1. The monoisotopic (exact) mass is 290 g/mol. The molecule has 0 fully saturated rings. The zero-order chi connectivity index (χ0) is 13.5. The Kier molecular flexibility index (Phi) is 6.25. The van der Waals surface area contributed by atoms with Crippen LogP contribution in [-0.4, -0.2) is 32.2 Å². The van der Waals surface area contributed by atoms with Gasteiger partial charge in [-0.15, -0.1) is 0 Å². The zero-order valence-corrected chi connectivity index (χ0v) is 11.8. The summed E-state index contributed by atoms with van der Waals surface area (Å²) in [6.07, 6.45) is 0. The van der Waals surface area contributed by atoms with E-state index in [1.807, 2.05) is 6.92 Å². The largest absolute Gasteiger partial charge is 0.383 e. The molecule has 1 rings (SSSR count). The number of hydrogen-bond acceptors (Lipinski definition) is 3. The van der Waals surface area contributed by atoms with Crippen molar-refractivity contribution in [3.05, 3.63) is 28.2 Å². The van der Waals surface area contributed by atoms with Gasteiger partial charge in [0.15, 0.2) is 0 Å². The van der Waals surface area contributed by atoms with Gasteiger partial charge in [0.25, 0.3) is 0 Å². The molecule has 0 spiro atoms. The van der Waals surface area contributed by atoms with Crippen molar-refractivity contribution in [1.82, 2.24) is 5.32 Å². The van der Waals surface area contributed by atoms with E-state index >= 15 is 0 Å². The molecule has 18 heavy (non-hydrogen) atoms. The van der Waals surface area contributed by atoms with Crippen molar-refractivity contribution in [2.45, 2.75) is 13.0 Å². The second kappa shape index (κ2) is 7.46. The average Bonchev–Trinajstić information content (AvgIpc) is 2.31. The van der Waals surface area contributed by atoms with Crippen LogP contribution in [0.2, 0.25) is 10.0 Å². The van der Waals surface area contributed by atoms with Gasteiger partial charge in [-0.25, -0.2) is 0 Å². The molecular weight excluding hydrogens is 275 g/mol. The Bertz CT molecular complexity index is 413. The highest BCUT2D eigenvalue weighted by molar-refractivity contribution is 6.43. The molecule has 0 aliphatic rings. The molecule has 0 aliphatic carbocycles. The highest BCUT2D eigenvalue weighted by Crippen LogP contribution is 2.29. The lowest BCUT2D eigenvalue weighted by Crippen LogP contribution is -2.39. The minimum atomic E-state index is -0.129. The normalized spacial score (nSPS) is 12.0. The number of benzene rings is 1. The minimum absolute atomic E-state index is 0.0286. The Morgan fingerprint density at radius 1 is 1.44 bits per heavy atom. The van der Waals surface area contributed by atoms with Gasteiger partial charge in [0, 0.05) is 13.2 Å². The molecule has 0 bridgehead atoms. The number of anilines is 1. The zero-order valence-electron chi connectivity index (χ0n) is 10.3. The fourth-order valence-corrected chi connectivity index (χ4v) is 1.80. The first-order valence-electron chi connectivity index (χ1n) is 5.50. The first-order chi connectivity index (χ1) is 8.54. The van der Waals surface area contributed by atoms with E-state index in [9.17, 15) is 4.79 Å². The first kappa shape index (κ1) is 15.1. The number of nitrogens with one attached hydrogen (secondary N) is 2. The summed E-state index contributed by atoms with van der Waals surface area (Å²) >= 11 is 11.9. The molecule has 100 valence electrons. The number of amides is 1. The Morgan fingerprint density at radius 3 is 2.83 bits per heavy atom. The molecule has 4 nitrogen and oxygen atoms in total. The lowest BCUT2D eigenvalue weighted by atomic mass is 10.3. The highest BCUT2D eigenvalue weighted by atomic mass is 35.5. The Balaban J connectivity index is 2.45. The van der Waals surface area contributed by atoms with Crippen molar-refractivity contribution in [2.75, 3.05) is 25.6 Å². The van der Waals surface area contributed by atoms with Gasteiger partial charge in [-0.1, -0.05) is 29.3 Å². The van der Waals surface area contributed by atoms with Crippen molar-refractivity contribution >= 4 is 34.8 Å². The van der Waals surface area contributed by atoms with Crippen LogP contribution in [0.3, 0.4) is 0 Å². The van der Waals surface area contributed by atoms with Gasteiger partial charge in [-0.3, -0.25) is 4.79 Å². The summed E-state index contributed by atoms with van der Waals surface area (Å²) in [6.45, 7) is 2.48. The van der Waals surface area contributed by atoms with E-state index in [-0.39, 0.29) is 18.5 Å². The van der Waals surface area contributed by atoms with Crippen LogP contribution >= 0.6 is 23.2 Å². The topological polar surface area (TPSA) is 50.4 Å². The van der Waals surface area contributed by atoms with Gasteiger partial charge in [0.2, 0.25) is 5.91 Å². The molecule has 0 saturated carbocycles. The molecule has 1 amide bonds. The van der Waals surface area contributed by atoms with Gasteiger partial charge in [-0.2, -0.15) is 0 Å². The molecule has 1 aromatic rings. The first-order valence-corrected chi connectivity index (χ1v) is 6.26. The molecule has 1 atom stereocenters. The van der Waals surface area contributed by atoms with E-state index in [0.717, 1.165) is 0 Å². The second-order valence-corrected chi connectivity index (χ2v) is 4.66. The number of halogens is 2. The lowest BCUT2D eigenvalue weighted by molar-refractivity contribution is -0.120. The molecule has 2 N–H and O–H groups in total. The van der Waals surface area contributed by atoms with Crippen molar-refractivity contribution < 1.29 is 9.53 Å². The quantitative estimate of drug-likeness (QED) is 0.847. The molecule has 0 saturated heterocycles. The minimum Gasteiger partial charge on any atom is -0.383 e. The third-order valence-electron chi connectivity index (χ3n) is 2.22. The second-order valence-electron chi connectivity index (χ2n) is 3.88.